The topological polar surface area (TPSA) is 36.4 Å². The minimum absolute atomic E-state index is 0.0146. The second-order valence-electron chi connectivity index (χ2n) is 8.07. The fourth-order valence-electron chi connectivity index (χ4n) is 3.89. The van der Waals surface area contributed by atoms with E-state index in [2.05, 4.69) is 36.9 Å². The quantitative estimate of drug-likeness (QED) is 0.479. The lowest BCUT2D eigenvalue weighted by Crippen LogP contribution is -2.36. The average Bonchev–Trinajstić information content (AvgIpc) is 3.00. The first-order chi connectivity index (χ1) is 14.0. The number of fused-ring (bicyclic) bond motifs is 1. The summed E-state index contributed by atoms with van der Waals surface area (Å²) in [6, 6.07) is 10.5. The molecule has 1 amide bonds. The van der Waals surface area contributed by atoms with Crippen LogP contribution in [0.5, 0.6) is 0 Å². The molecule has 29 heavy (non-hydrogen) atoms. The Labute approximate surface area is 182 Å². The molecule has 4 nitrogen and oxygen atoms in total. The van der Waals surface area contributed by atoms with Gasteiger partial charge in [0.15, 0.2) is 0 Å². The number of carbonyl (C=O) groups is 1. The van der Waals surface area contributed by atoms with E-state index in [0.29, 0.717) is 9.23 Å². The molecule has 2 aromatic rings. The minimum Gasteiger partial charge on any atom is -0.356 e. The van der Waals surface area contributed by atoms with E-state index in [1.165, 1.54) is 24.6 Å². The van der Waals surface area contributed by atoms with E-state index >= 15 is 0 Å². The van der Waals surface area contributed by atoms with Crippen LogP contribution in [-0.2, 0) is 4.79 Å². The molecule has 4 rings (SSSR count). The molecule has 1 aromatic carbocycles. The second kappa shape index (κ2) is 8.44. The van der Waals surface area contributed by atoms with Crippen LogP contribution in [0.2, 0.25) is 0 Å². The van der Waals surface area contributed by atoms with E-state index in [9.17, 15) is 4.79 Å². The standard InChI is InChI=1S/C23H27N3OS2/c1-4-16(3)26-22(27)20(29-23(26)28)14-18-13-17-7-5-6-8-19(17)24-21(18)25-11-9-15(2)10-12-25/h5-8,13-16H,4,9-12H2,1-3H3/b20-14-. The largest absolute Gasteiger partial charge is 0.356 e. The predicted molar refractivity (Wildman–Crippen MR) is 127 cm³/mol. The molecule has 0 bridgehead atoms. The summed E-state index contributed by atoms with van der Waals surface area (Å²) >= 11 is 6.91. The molecule has 0 saturated carbocycles. The van der Waals surface area contributed by atoms with Crippen molar-refractivity contribution >= 4 is 57.0 Å². The summed E-state index contributed by atoms with van der Waals surface area (Å²) in [7, 11) is 0. The van der Waals surface area contributed by atoms with E-state index < -0.39 is 0 Å². The van der Waals surface area contributed by atoms with Crippen LogP contribution in [0.3, 0.4) is 0 Å². The van der Waals surface area contributed by atoms with E-state index in [-0.39, 0.29) is 11.9 Å². The highest BCUT2D eigenvalue weighted by molar-refractivity contribution is 8.26. The SMILES string of the molecule is CCC(C)N1C(=O)/C(=C/c2cc3ccccc3nc2N2CCC(C)CC2)SC1=S. The summed E-state index contributed by atoms with van der Waals surface area (Å²) in [6.45, 7) is 8.44. The first-order valence-electron chi connectivity index (χ1n) is 10.4. The maximum Gasteiger partial charge on any atom is 0.266 e. The van der Waals surface area contributed by atoms with Gasteiger partial charge in [-0.25, -0.2) is 4.98 Å². The molecule has 152 valence electrons. The van der Waals surface area contributed by atoms with Crippen molar-refractivity contribution < 1.29 is 4.79 Å². The van der Waals surface area contributed by atoms with Crippen molar-refractivity contribution in [2.24, 2.45) is 5.92 Å². The van der Waals surface area contributed by atoms with Gasteiger partial charge in [0.1, 0.15) is 10.1 Å². The van der Waals surface area contributed by atoms with Crippen LogP contribution >= 0.6 is 24.0 Å². The van der Waals surface area contributed by atoms with Crippen LogP contribution in [0.4, 0.5) is 5.82 Å². The normalized spacial score (nSPS) is 20.9. The Morgan fingerprint density at radius 3 is 2.76 bits per heavy atom. The maximum atomic E-state index is 13.0. The predicted octanol–water partition coefficient (Wildman–Crippen LogP) is 5.47. The van der Waals surface area contributed by atoms with E-state index in [1.807, 2.05) is 25.1 Å². The molecule has 1 aromatic heterocycles. The number of thioether (sulfide) groups is 1. The summed E-state index contributed by atoms with van der Waals surface area (Å²) in [5.74, 6) is 1.74. The number of benzene rings is 1. The van der Waals surface area contributed by atoms with Crippen LogP contribution in [0.1, 0.15) is 45.6 Å². The number of anilines is 1. The third-order valence-electron chi connectivity index (χ3n) is 5.96. The highest BCUT2D eigenvalue weighted by Gasteiger charge is 2.35. The molecule has 2 saturated heterocycles. The molecular formula is C23H27N3OS2. The van der Waals surface area contributed by atoms with Crippen molar-refractivity contribution in [2.45, 2.75) is 46.1 Å². The number of rotatable bonds is 4. The lowest BCUT2D eigenvalue weighted by molar-refractivity contribution is -0.123. The summed E-state index contributed by atoms with van der Waals surface area (Å²) in [5.41, 5.74) is 1.99. The Bertz CT molecular complexity index is 979. The van der Waals surface area contributed by atoms with Gasteiger partial charge in [-0.3, -0.25) is 9.69 Å². The Hall–Kier alpha value is -1.92. The number of pyridine rings is 1. The molecule has 0 aliphatic carbocycles. The highest BCUT2D eigenvalue weighted by Crippen LogP contribution is 2.37. The number of aromatic nitrogens is 1. The molecule has 0 N–H and O–H groups in total. The first-order valence-corrected chi connectivity index (χ1v) is 11.6. The zero-order valence-corrected chi connectivity index (χ0v) is 18.9. The van der Waals surface area contributed by atoms with Gasteiger partial charge in [-0.2, -0.15) is 0 Å². The van der Waals surface area contributed by atoms with Crippen LogP contribution in [0, 0.1) is 5.92 Å². The Morgan fingerprint density at radius 2 is 2.03 bits per heavy atom. The lowest BCUT2D eigenvalue weighted by atomic mass is 9.98. The van der Waals surface area contributed by atoms with Crippen molar-refractivity contribution in [3.8, 4) is 0 Å². The number of amides is 1. The van der Waals surface area contributed by atoms with E-state index in [1.54, 1.807) is 4.90 Å². The van der Waals surface area contributed by atoms with Crippen molar-refractivity contribution in [1.82, 2.24) is 9.88 Å². The third kappa shape index (κ3) is 4.05. The molecule has 1 unspecified atom stereocenters. The minimum atomic E-state index is 0.0146. The number of nitrogens with zero attached hydrogens (tertiary/aromatic N) is 3. The number of para-hydroxylation sites is 1. The van der Waals surface area contributed by atoms with Gasteiger partial charge in [-0.1, -0.05) is 56.0 Å². The van der Waals surface area contributed by atoms with Gasteiger partial charge in [-0.05, 0) is 50.3 Å². The third-order valence-corrected chi connectivity index (χ3v) is 7.29. The molecule has 1 atom stereocenters. The zero-order chi connectivity index (χ0) is 20.5. The molecule has 2 fully saturated rings. The van der Waals surface area contributed by atoms with Gasteiger partial charge >= 0.3 is 0 Å². The molecule has 3 heterocycles. The summed E-state index contributed by atoms with van der Waals surface area (Å²) < 4.78 is 0.651. The van der Waals surface area contributed by atoms with Crippen LogP contribution in [0.25, 0.3) is 17.0 Å². The van der Waals surface area contributed by atoms with Crippen molar-refractivity contribution in [2.75, 3.05) is 18.0 Å². The second-order valence-corrected chi connectivity index (χ2v) is 9.75. The smallest absolute Gasteiger partial charge is 0.266 e. The monoisotopic (exact) mass is 425 g/mol. The Balaban J connectivity index is 1.76. The summed E-state index contributed by atoms with van der Waals surface area (Å²) in [4.78, 5) is 22.8. The van der Waals surface area contributed by atoms with Gasteiger partial charge in [-0.15, -0.1) is 0 Å². The van der Waals surface area contributed by atoms with Gasteiger partial charge < -0.3 is 4.90 Å². The van der Waals surface area contributed by atoms with E-state index in [0.717, 1.165) is 47.7 Å². The first kappa shape index (κ1) is 20.4. The Kier molecular flexibility index (Phi) is 5.93. The maximum absolute atomic E-state index is 13.0. The van der Waals surface area contributed by atoms with Crippen LogP contribution in [0.15, 0.2) is 35.2 Å². The number of hydrogen-bond donors (Lipinski definition) is 0. The average molecular weight is 426 g/mol. The highest BCUT2D eigenvalue weighted by atomic mass is 32.2. The fraction of sp³-hybridized carbons (Fsp3) is 0.435. The summed E-state index contributed by atoms with van der Waals surface area (Å²) in [5, 5.41) is 1.09. The van der Waals surface area contributed by atoms with Gasteiger partial charge in [0.05, 0.1) is 10.4 Å². The molecule has 2 aliphatic heterocycles. The van der Waals surface area contributed by atoms with Gasteiger partial charge in [0, 0.05) is 30.1 Å². The number of hydrogen-bond acceptors (Lipinski definition) is 5. The Morgan fingerprint density at radius 1 is 1.31 bits per heavy atom. The van der Waals surface area contributed by atoms with E-state index in [4.69, 9.17) is 17.2 Å². The summed E-state index contributed by atoms with van der Waals surface area (Å²) in [6.07, 6.45) is 5.22. The molecule has 0 spiro atoms. The van der Waals surface area contributed by atoms with Gasteiger partial charge in [0.2, 0.25) is 0 Å². The molecular weight excluding hydrogens is 398 g/mol. The fourth-order valence-corrected chi connectivity index (χ4v) is 5.34. The number of thiocarbonyl (C=S) groups is 1. The van der Waals surface area contributed by atoms with Crippen molar-refractivity contribution in [3.05, 3.63) is 40.8 Å². The van der Waals surface area contributed by atoms with Gasteiger partial charge in [0.25, 0.3) is 5.91 Å². The molecule has 2 aliphatic rings. The zero-order valence-electron chi connectivity index (χ0n) is 17.2. The van der Waals surface area contributed by atoms with Crippen LogP contribution in [-0.4, -0.2) is 39.2 Å². The molecule has 6 heteroatoms. The number of piperidine rings is 1. The number of carbonyl (C=O) groups excluding carboxylic acids is 1. The van der Waals surface area contributed by atoms with Crippen molar-refractivity contribution in [1.29, 1.82) is 0 Å². The lowest BCUT2D eigenvalue weighted by Gasteiger charge is -2.32. The molecule has 0 radical (unpaired) electrons. The van der Waals surface area contributed by atoms with Crippen LogP contribution < -0.4 is 4.90 Å². The van der Waals surface area contributed by atoms with Crippen molar-refractivity contribution in [3.63, 3.8) is 0 Å².